The number of fused-ring (bicyclic) bond motifs is 2. The molecule has 168 valence electrons. The van der Waals surface area contributed by atoms with Gasteiger partial charge in [-0.15, -0.1) is 0 Å². The molecule has 0 saturated heterocycles. The highest BCUT2D eigenvalue weighted by Gasteiger charge is 2.33. The van der Waals surface area contributed by atoms with E-state index in [1.165, 1.54) is 17.3 Å². The van der Waals surface area contributed by atoms with E-state index in [0.717, 1.165) is 38.8 Å². The first-order valence-corrected chi connectivity index (χ1v) is 13.1. The van der Waals surface area contributed by atoms with Gasteiger partial charge in [-0.1, -0.05) is 97.5 Å². The molecular weight excluding hydrogens is 456 g/mol. The Kier molecular flexibility index (Phi) is 6.34. The third kappa shape index (κ3) is 4.36. The van der Waals surface area contributed by atoms with Crippen LogP contribution in [0, 0.1) is 0 Å². The molecule has 0 spiro atoms. The Morgan fingerprint density at radius 1 is 0.676 bits per heavy atom. The van der Waals surface area contributed by atoms with Crippen LogP contribution in [0.4, 0.5) is 0 Å². The zero-order valence-corrected chi connectivity index (χ0v) is 20.5. The van der Waals surface area contributed by atoms with Gasteiger partial charge in [-0.3, -0.25) is 9.59 Å². The molecule has 0 saturated carbocycles. The Hall–Kier alpha value is -3.08. The van der Waals surface area contributed by atoms with Gasteiger partial charge < -0.3 is 0 Å². The van der Waals surface area contributed by atoms with Crippen molar-refractivity contribution in [2.75, 3.05) is 0 Å². The average molecular weight is 483 g/mol. The topological polar surface area (TPSA) is 34.1 Å². The van der Waals surface area contributed by atoms with Crippen LogP contribution < -0.4 is 0 Å². The van der Waals surface area contributed by atoms with E-state index in [1.54, 1.807) is 36.0 Å². The Bertz CT molecular complexity index is 1430. The van der Waals surface area contributed by atoms with Crippen molar-refractivity contribution < 1.29 is 11.0 Å². The lowest BCUT2D eigenvalue weighted by atomic mass is 9.84. The molecule has 4 heteroatoms. The number of rotatable bonds is 7. The van der Waals surface area contributed by atoms with Crippen molar-refractivity contribution in [3.8, 4) is 0 Å². The molecule has 34 heavy (non-hydrogen) atoms. The van der Waals surface area contributed by atoms with E-state index < -0.39 is 0 Å². The smallest absolute Gasteiger partial charge is 0.196 e. The molecule has 4 aromatic carbocycles. The number of hydrogen-bond donors (Lipinski definition) is 0. The molecular formula is C30H24O2S2. The zero-order chi connectivity index (χ0) is 24.4. The first kappa shape index (κ1) is 21.5. The third-order valence-electron chi connectivity index (χ3n) is 5.90. The van der Waals surface area contributed by atoms with Crippen molar-refractivity contribution >= 4 is 35.1 Å². The number of hydrogen-bond acceptors (Lipinski definition) is 4. The largest absolute Gasteiger partial charge is 0.289 e. The number of unbranched alkanes of at least 4 members (excludes halogenated alkanes) is 1. The summed E-state index contributed by atoms with van der Waals surface area (Å²) in [5.74, 6) is -0.218. The van der Waals surface area contributed by atoms with Crippen LogP contribution in [0.3, 0.4) is 0 Å². The van der Waals surface area contributed by atoms with Gasteiger partial charge in [0.2, 0.25) is 0 Å². The van der Waals surface area contributed by atoms with Gasteiger partial charge in [-0.25, -0.2) is 0 Å². The van der Waals surface area contributed by atoms with Crippen molar-refractivity contribution in [1.82, 2.24) is 0 Å². The summed E-state index contributed by atoms with van der Waals surface area (Å²) in [6, 6.07) is 27.0. The molecule has 0 fully saturated rings. The fourth-order valence-corrected chi connectivity index (χ4v) is 6.33. The molecule has 0 N–H and O–H groups in total. The minimum Gasteiger partial charge on any atom is -0.289 e. The summed E-state index contributed by atoms with van der Waals surface area (Å²) in [6.45, 7) is 2.18. The Balaban J connectivity index is 1.56. The van der Waals surface area contributed by atoms with E-state index in [2.05, 4.69) is 25.1 Å². The lowest BCUT2D eigenvalue weighted by molar-refractivity contribution is 0.0974. The number of carbonyl (C=O) groups is 2. The highest BCUT2D eigenvalue weighted by Crippen LogP contribution is 2.42. The van der Waals surface area contributed by atoms with Gasteiger partial charge in [0.05, 0.1) is 1.37 Å². The van der Waals surface area contributed by atoms with Crippen molar-refractivity contribution in [2.24, 2.45) is 0 Å². The normalized spacial score (nSPS) is 12.8. The molecule has 0 heterocycles. The van der Waals surface area contributed by atoms with E-state index >= 15 is 0 Å². The zero-order valence-electron chi connectivity index (χ0n) is 19.8. The number of carbonyl (C=O) groups excluding carboxylic acids is 2. The first-order chi connectivity index (χ1) is 17.1. The quantitative estimate of drug-likeness (QED) is 0.235. The minimum absolute atomic E-state index is 0.107. The van der Waals surface area contributed by atoms with Crippen LogP contribution in [0.15, 0.2) is 111 Å². The predicted molar refractivity (Wildman–Crippen MR) is 139 cm³/mol. The second-order valence-corrected chi connectivity index (χ2v) is 10.4. The maximum absolute atomic E-state index is 14.0. The van der Waals surface area contributed by atoms with Crippen molar-refractivity contribution in [3.05, 3.63) is 119 Å². The number of ketones is 2. The highest BCUT2D eigenvalue weighted by atomic mass is 32.2. The summed E-state index contributed by atoms with van der Waals surface area (Å²) in [5.41, 5.74) is 3.16. The van der Waals surface area contributed by atoms with Gasteiger partial charge in [0.15, 0.2) is 11.6 Å². The van der Waals surface area contributed by atoms with Gasteiger partial charge in [0, 0.05) is 41.8 Å². The van der Waals surface area contributed by atoms with Crippen LogP contribution in [0.5, 0.6) is 0 Å². The molecule has 0 unspecified atom stereocenters. The average Bonchev–Trinajstić information content (AvgIpc) is 2.88. The molecule has 0 bridgehead atoms. The Labute approximate surface area is 210 Å². The molecule has 0 atom stereocenters. The van der Waals surface area contributed by atoms with Crippen LogP contribution in [-0.4, -0.2) is 11.6 Å². The summed E-state index contributed by atoms with van der Waals surface area (Å²) >= 11 is 3.02. The molecule has 0 aliphatic heterocycles. The summed E-state index contributed by atoms with van der Waals surface area (Å²) < 4.78 is 7.72. The van der Waals surface area contributed by atoms with Gasteiger partial charge in [-0.2, -0.15) is 0 Å². The van der Waals surface area contributed by atoms with E-state index in [0.29, 0.717) is 28.3 Å². The third-order valence-corrected chi connectivity index (χ3v) is 8.15. The number of benzene rings is 4. The highest BCUT2D eigenvalue weighted by molar-refractivity contribution is 7.99. The van der Waals surface area contributed by atoms with E-state index in [9.17, 15) is 9.59 Å². The van der Waals surface area contributed by atoms with Crippen LogP contribution in [-0.2, 0) is 6.42 Å². The molecule has 4 aromatic rings. The van der Waals surface area contributed by atoms with E-state index in [4.69, 9.17) is 1.37 Å². The monoisotopic (exact) mass is 482 g/mol. The van der Waals surface area contributed by atoms with Gasteiger partial charge in [0.1, 0.15) is 0 Å². The Morgan fingerprint density at radius 3 is 1.97 bits per heavy atom. The van der Waals surface area contributed by atoms with E-state index in [1.807, 2.05) is 42.5 Å². The van der Waals surface area contributed by atoms with E-state index in [-0.39, 0.29) is 11.6 Å². The van der Waals surface area contributed by atoms with Crippen LogP contribution in [0.25, 0.3) is 0 Å². The van der Waals surface area contributed by atoms with Crippen LogP contribution >= 0.6 is 23.5 Å². The SMILES string of the molecule is [3H]c1ccc(Sc2cccc3c2C(=O)c2c(Sc4ccccc4CCCC)cccc2C3=O)cc1. The lowest BCUT2D eigenvalue weighted by Crippen LogP contribution is -2.22. The second kappa shape index (κ2) is 10.0. The van der Waals surface area contributed by atoms with Crippen molar-refractivity contribution in [1.29, 1.82) is 0 Å². The fourth-order valence-electron chi connectivity index (χ4n) is 4.21. The van der Waals surface area contributed by atoms with Crippen molar-refractivity contribution in [3.63, 3.8) is 0 Å². The minimum atomic E-state index is -0.111. The van der Waals surface area contributed by atoms with Gasteiger partial charge in [0.25, 0.3) is 0 Å². The summed E-state index contributed by atoms with van der Waals surface area (Å²) in [4.78, 5) is 31.1. The van der Waals surface area contributed by atoms with Gasteiger partial charge >= 0.3 is 0 Å². The first-order valence-electron chi connectivity index (χ1n) is 11.9. The summed E-state index contributed by atoms with van der Waals surface area (Å²) in [7, 11) is 0. The molecule has 0 amide bonds. The molecule has 0 aromatic heterocycles. The molecule has 2 nitrogen and oxygen atoms in total. The standard InChI is InChI=1S/C30H24O2S2/c1-2-3-11-20-12-7-8-17-24(20)34-26-19-10-16-23-28(26)30(32)27-22(29(23)31)15-9-18-25(27)33-21-13-5-4-6-14-21/h4-10,12-19H,2-3,11H2,1H3/i4T. The van der Waals surface area contributed by atoms with Crippen LogP contribution in [0.2, 0.25) is 0 Å². The molecule has 1 aliphatic rings. The number of aryl methyl sites for hydroxylation is 1. The van der Waals surface area contributed by atoms with Crippen LogP contribution in [0.1, 0.15) is 58.5 Å². The molecule has 0 radical (unpaired) electrons. The predicted octanol–water partition coefficient (Wildman–Crippen LogP) is 8.11. The second-order valence-electron chi connectivity index (χ2n) is 8.17. The summed E-state index contributed by atoms with van der Waals surface area (Å²) in [5, 5.41) is 0. The maximum Gasteiger partial charge on any atom is 0.196 e. The maximum atomic E-state index is 14.0. The summed E-state index contributed by atoms with van der Waals surface area (Å²) in [6.07, 6.45) is 3.22. The molecule has 1 aliphatic carbocycles. The molecule has 5 rings (SSSR count). The van der Waals surface area contributed by atoms with Crippen molar-refractivity contribution in [2.45, 2.75) is 45.8 Å². The Morgan fingerprint density at radius 2 is 1.29 bits per heavy atom. The lowest BCUT2D eigenvalue weighted by Gasteiger charge is -2.22. The van der Waals surface area contributed by atoms with Gasteiger partial charge in [-0.05, 0) is 48.7 Å². The fraction of sp³-hybridized carbons (Fsp3) is 0.133.